The number of carbonyl (C=O) groups is 1. The van der Waals surface area contributed by atoms with Crippen LogP contribution in [0.5, 0.6) is 0 Å². The molecule has 1 amide bonds. The molecule has 0 aromatic carbocycles. The maximum Gasteiger partial charge on any atom is 0.410 e. The first-order valence-electron chi connectivity index (χ1n) is 8.09. The van der Waals surface area contributed by atoms with E-state index in [1.165, 1.54) is 0 Å². The smallest absolute Gasteiger partial charge is 0.410 e. The molecule has 0 saturated carbocycles. The molecule has 1 saturated heterocycles. The third-order valence-electron chi connectivity index (χ3n) is 3.88. The summed E-state index contributed by atoms with van der Waals surface area (Å²) in [5.41, 5.74) is 0.951. The SMILES string of the molecule is CC(C)OC(=O)N1CCC[C@@H](NS(C)(=O)=O)[C@H]1Cc1cccnc1. The number of likely N-dealkylation sites (tertiary alicyclic amines) is 1. The molecule has 134 valence electrons. The Morgan fingerprint density at radius 1 is 1.50 bits per heavy atom. The number of piperidine rings is 1. The number of sulfonamides is 1. The Labute approximate surface area is 143 Å². The number of pyridine rings is 1. The quantitative estimate of drug-likeness (QED) is 0.866. The number of amides is 1. The van der Waals surface area contributed by atoms with Crippen molar-refractivity contribution in [1.82, 2.24) is 14.6 Å². The first kappa shape index (κ1) is 18.7. The Morgan fingerprint density at radius 2 is 2.25 bits per heavy atom. The highest BCUT2D eigenvalue weighted by molar-refractivity contribution is 7.88. The number of hydrogen-bond acceptors (Lipinski definition) is 5. The lowest BCUT2D eigenvalue weighted by atomic mass is 9.92. The number of rotatable bonds is 5. The van der Waals surface area contributed by atoms with E-state index < -0.39 is 16.1 Å². The molecule has 1 aromatic rings. The van der Waals surface area contributed by atoms with E-state index in [1.54, 1.807) is 31.1 Å². The fourth-order valence-corrected chi connectivity index (χ4v) is 3.80. The lowest BCUT2D eigenvalue weighted by Gasteiger charge is -2.41. The lowest BCUT2D eigenvalue weighted by molar-refractivity contribution is 0.0461. The van der Waals surface area contributed by atoms with Crippen LogP contribution < -0.4 is 4.72 Å². The van der Waals surface area contributed by atoms with E-state index in [0.717, 1.165) is 18.2 Å². The van der Waals surface area contributed by atoms with E-state index in [4.69, 9.17) is 4.74 Å². The lowest BCUT2D eigenvalue weighted by Crippen LogP contribution is -2.58. The zero-order chi connectivity index (χ0) is 17.7. The van der Waals surface area contributed by atoms with Crippen molar-refractivity contribution in [1.29, 1.82) is 0 Å². The van der Waals surface area contributed by atoms with Crippen molar-refractivity contribution >= 4 is 16.1 Å². The summed E-state index contributed by atoms with van der Waals surface area (Å²) in [6.45, 7) is 4.15. The summed E-state index contributed by atoms with van der Waals surface area (Å²) in [5.74, 6) is 0. The second-order valence-corrected chi connectivity index (χ2v) is 8.18. The highest BCUT2D eigenvalue weighted by atomic mass is 32.2. The van der Waals surface area contributed by atoms with Gasteiger partial charge in [0.1, 0.15) is 0 Å². The second kappa shape index (κ2) is 7.94. The summed E-state index contributed by atoms with van der Waals surface area (Å²) in [6.07, 6.45) is 5.86. The number of nitrogens with one attached hydrogen (secondary N) is 1. The Hall–Kier alpha value is -1.67. The minimum atomic E-state index is -3.37. The number of nitrogens with zero attached hydrogens (tertiary/aromatic N) is 2. The van der Waals surface area contributed by atoms with Gasteiger partial charge in [-0.2, -0.15) is 0 Å². The molecular formula is C16H25N3O4S. The Morgan fingerprint density at radius 3 is 2.83 bits per heavy atom. The normalized spacial score (nSPS) is 21.8. The monoisotopic (exact) mass is 355 g/mol. The molecule has 8 heteroatoms. The van der Waals surface area contributed by atoms with Crippen molar-refractivity contribution < 1.29 is 17.9 Å². The molecular weight excluding hydrogens is 330 g/mol. The van der Waals surface area contributed by atoms with Crippen molar-refractivity contribution in [3.63, 3.8) is 0 Å². The van der Waals surface area contributed by atoms with Gasteiger partial charge in [0, 0.05) is 25.0 Å². The van der Waals surface area contributed by atoms with Crippen LogP contribution in [0, 0.1) is 0 Å². The van der Waals surface area contributed by atoms with Crippen LogP contribution in [0.2, 0.25) is 0 Å². The summed E-state index contributed by atoms with van der Waals surface area (Å²) in [4.78, 5) is 18.2. The van der Waals surface area contributed by atoms with Gasteiger partial charge in [-0.1, -0.05) is 6.07 Å². The van der Waals surface area contributed by atoms with E-state index in [1.807, 2.05) is 12.1 Å². The molecule has 7 nitrogen and oxygen atoms in total. The second-order valence-electron chi connectivity index (χ2n) is 6.40. The molecule has 0 aliphatic carbocycles. The molecule has 24 heavy (non-hydrogen) atoms. The molecule has 0 bridgehead atoms. The van der Waals surface area contributed by atoms with Gasteiger partial charge in [0.05, 0.1) is 18.4 Å². The topological polar surface area (TPSA) is 88.6 Å². The van der Waals surface area contributed by atoms with Gasteiger partial charge in [-0.3, -0.25) is 4.98 Å². The highest BCUT2D eigenvalue weighted by Gasteiger charge is 2.36. The molecule has 2 rings (SSSR count). The highest BCUT2D eigenvalue weighted by Crippen LogP contribution is 2.23. The minimum Gasteiger partial charge on any atom is -0.447 e. The zero-order valence-corrected chi connectivity index (χ0v) is 15.1. The zero-order valence-electron chi connectivity index (χ0n) is 14.3. The van der Waals surface area contributed by atoms with E-state index in [-0.39, 0.29) is 18.2 Å². The molecule has 0 unspecified atom stereocenters. The van der Waals surface area contributed by atoms with Crippen LogP contribution in [0.25, 0.3) is 0 Å². The average molecular weight is 355 g/mol. The molecule has 1 N–H and O–H groups in total. The van der Waals surface area contributed by atoms with Gasteiger partial charge >= 0.3 is 6.09 Å². The van der Waals surface area contributed by atoms with Gasteiger partial charge in [0.25, 0.3) is 0 Å². The summed E-state index contributed by atoms with van der Waals surface area (Å²) in [7, 11) is -3.37. The molecule has 1 aliphatic rings. The van der Waals surface area contributed by atoms with Gasteiger partial charge in [-0.15, -0.1) is 0 Å². The van der Waals surface area contributed by atoms with Crippen molar-refractivity contribution in [2.75, 3.05) is 12.8 Å². The van der Waals surface area contributed by atoms with Gasteiger partial charge in [-0.05, 0) is 44.7 Å². The van der Waals surface area contributed by atoms with Crippen LogP contribution in [0.1, 0.15) is 32.3 Å². The predicted molar refractivity (Wildman–Crippen MR) is 91.1 cm³/mol. The third-order valence-corrected chi connectivity index (χ3v) is 4.61. The van der Waals surface area contributed by atoms with Crippen LogP contribution in [0.15, 0.2) is 24.5 Å². The Balaban J connectivity index is 2.24. The molecule has 1 fully saturated rings. The van der Waals surface area contributed by atoms with Gasteiger partial charge < -0.3 is 9.64 Å². The number of aromatic nitrogens is 1. The average Bonchev–Trinajstić information content (AvgIpc) is 2.48. The number of ether oxygens (including phenoxy) is 1. The molecule has 1 aliphatic heterocycles. The van der Waals surface area contributed by atoms with Crippen LogP contribution in [-0.2, 0) is 21.2 Å². The molecule has 0 spiro atoms. The summed E-state index contributed by atoms with van der Waals surface area (Å²) >= 11 is 0. The first-order valence-corrected chi connectivity index (χ1v) is 9.99. The summed E-state index contributed by atoms with van der Waals surface area (Å²) < 4.78 is 31.4. The summed E-state index contributed by atoms with van der Waals surface area (Å²) in [6, 6.07) is 3.11. The number of carbonyl (C=O) groups excluding carboxylic acids is 1. The minimum absolute atomic E-state index is 0.222. The molecule has 2 heterocycles. The van der Waals surface area contributed by atoms with E-state index in [0.29, 0.717) is 19.4 Å². The van der Waals surface area contributed by atoms with Crippen LogP contribution >= 0.6 is 0 Å². The Kier molecular flexibility index (Phi) is 6.17. The molecule has 2 atom stereocenters. The largest absolute Gasteiger partial charge is 0.447 e. The van der Waals surface area contributed by atoms with Gasteiger partial charge in [-0.25, -0.2) is 17.9 Å². The maximum absolute atomic E-state index is 12.4. The maximum atomic E-state index is 12.4. The van der Waals surface area contributed by atoms with Crippen molar-refractivity contribution in [3.05, 3.63) is 30.1 Å². The van der Waals surface area contributed by atoms with Crippen LogP contribution in [-0.4, -0.2) is 55.4 Å². The fraction of sp³-hybridized carbons (Fsp3) is 0.625. The molecule has 0 radical (unpaired) electrons. The fourth-order valence-electron chi connectivity index (χ4n) is 2.98. The first-order chi connectivity index (χ1) is 11.3. The van der Waals surface area contributed by atoms with Crippen molar-refractivity contribution in [2.24, 2.45) is 0 Å². The van der Waals surface area contributed by atoms with E-state index in [2.05, 4.69) is 9.71 Å². The predicted octanol–water partition coefficient (Wildman–Crippen LogP) is 1.55. The number of hydrogen-bond donors (Lipinski definition) is 1. The van der Waals surface area contributed by atoms with Crippen molar-refractivity contribution in [2.45, 2.75) is 51.3 Å². The standard InChI is InChI=1S/C16H25N3O4S/c1-12(2)23-16(20)19-9-5-7-14(18-24(3,21)22)15(19)10-13-6-4-8-17-11-13/h4,6,8,11-12,14-15,18H,5,7,9-10H2,1-3H3/t14-,15-/m1/s1. The van der Waals surface area contributed by atoms with Crippen LogP contribution in [0.4, 0.5) is 4.79 Å². The van der Waals surface area contributed by atoms with Crippen LogP contribution in [0.3, 0.4) is 0 Å². The molecule has 1 aromatic heterocycles. The summed E-state index contributed by atoms with van der Waals surface area (Å²) in [5, 5.41) is 0. The van der Waals surface area contributed by atoms with E-state index >= 15 is 0 Å². The van der Waals surface area contributed by atoms with Gasteiger partial charge in [0.15, 0.2) is 0 Å². The van der Waals surface area contributed by atoms with E-state index in [9.17, 15) is 13.2 Å². The Bertz CT molecular complexity index is 649. The van der Waals surface area contributed by atoms with Gasteiger partial charge in [0.2, 0.25) is 10.0 Å². The third kappa shape index (κ3) is 5.45. The van der Waals surface area contributed by atoms with Crippen molar-refractivity contribution in [3.8, 4) is 0 Å².